The number of piperidine rings is 1. The number of anilines is 2. The van der Waals surface area contributed by atoms with E-state index >= 15 is 0 Å². The maximum absolute atomic E-state index is 12.7. The maximum atomic E-state index is 12.7. The van der Waals surface area contributed by atoms with Gasteiger partial charge in [-0.1, -0.05) is 6.07 Å². The van der Waals surface area contributed by atoms with Crippen LogP contribution in [-0.4, -0.2) is 54.7 Å². The lowest BCUT2D eigenvalue weighted by molar-refractivity contribution is 0.0724. The van der Waals surface area contributed by atoms with Crippen LogP contribution in [0.5, 0.6) is 0 Å². The van der Waals surface area contributed by atoms with Crippen molar-refractivity contribution in [3.05, 3.63) is 48.4 Å². The molecule has 1 aliphatic heterocycles. The fraction of sp³-hybridized carbons (Fsp3) is 0.364. The van der Waals surface area contributed by atoms with Crippen molar-refractivity contribution < 1.29 is 9.59 Å². The van der Waals surface area contributed by atoms with Gasteiger partial charge in [-0.3, -0.25) is 15.4 Å². The summed E-state index contributed by atoms with van der Waals surface area (Å²) in [7, 11) is 0. The average molecular weight is 435 g/mol. The smallest absolute Gasteiger partial charge is 0.326 e. The molecule has 10 nitrogen and oxygen atoms in total. The van der Waals surface area contributed by atoms with Gasteiger partial charge in [0.15, 0.2) is 5.82 Å². The Kier molecular flexibility index (Phi) is 6.39. The highest BCUT2D eigenvalue weighted by Crippen LogP contribution is 2.20. The van der Waals surface area contributed by atoms with Gasteiger partial charge in [-0.2, -0.15) is 0 Å². The summed E-state index contributed by atoms with van der Waals surface area (Å²) >= 11 is 0. The van der Waals surface area contributed by atoms with Crippen molar-refractivity contribution in [2.45, 2.75) is 39.2 Å². The van der Waals surface area contributed by atoms with Gasteiger partial charge in [-0.25, -0.2) is 14.8 Å². The summed E-state index contributed by atoms with van der Waals surface area (Å²) in [6.45, 7) is 5.58. The number of pyridine rings is 2. The van der Waals surface area contributed by atoms with Gasteiger partial charge < -0.3 is 9.47 Å². The first kappa shape index (κ1) is 21.4. The summed E-state index contributed by atoms with van der Waals surface area (Å²) in [6, 6.07) is 8.20. The Labute approximate surface area is 186 Å². The van der Waals surface area contributed by atoms with Crippen LogP contribution in [0.15, 0.2) is 42.9 Å². The Morgan fingerprint density at radius 3 is 2.59 bits per heavy atom. The van der Waals surface area contributed by atoms with E-state index in [1.54, 1.807) is 30.6 Å². The van der Waals surface area contributed by atoms with E-state index in [0.29, 0.717) is 28.7 Å². The Bertz CT molecular complexity index is 1100. The highest BCUT2D eigenvalue weighted by atomic mass is 16.2. The van der Waals surface area contributed by atoms with Gasteiger partial charge in [0.1, 0.15) is 23.7 Å². The Morgan fingerprint density at radius 2 is 1.81 bits per heavy atom. The standard InChI is InChI=1S/C22H26N8O2/c1-15(2)30-14-24-28-20(30)17-7-6-8-18(25-17)26-22(32)27-19-13-16(9-10-23-19)21(31)29-11-4-3-5-12-29/h6-10,13-15H,3-5,11-12H2,1-2H3,(H2,23,25,26,27,32). The fourth-order valence-electron chi connectivity index (χ4n) is 3.61. The molecule has 0 unspecified atom stereocenters. The number of likely N-dealkylation sites (tertiary alicyclic amines) is 1. The first-order chi connectivity index (χ1) is 15.5. The Balaban J connectivity index is 1.43. The zero-order valence-corrected chi connectivity index (χ0v) is 18.2. The number of amides is 3. The van der Waals surface area contributed by atoms with Crippen molar-refractivity contribution >= 4 is 23.6 Å². The lowest BCUT2D eigenvalue weighted by atomic mass is 10.1. The van der Waals surface area contributed by atoms with Gasteiger partial charge in [0.2, 0.25) is 0 Å². The van der Waals surface area contributed by atoms with Crippen molar-refractivity contribution in [2.24, 2.45) is 0 Å². The van der Waals surface area contributed by atoms with E-state index in [1.807, 2.05) is 29.4 Å². The van der Waals surface area contributed by atoms with Crippen LogP contribution in [0.25, 0.3) is 11.5 Å². The van der Waals surface area contributed by atoms with E-state index in [9.17, 15) is 9.59 Å². The number of carbonyl (C=O) groups excluding carboxylic acids is 2. The van der Waals surface area contributed by atoms with Crippen molar-refractivity contribution in [1.82, 2.24) is 29.6 Å². The molecule has 166 valence electrons. The van der Waals surface area contributed by atoms with Crippen LogP contribution < -0.4 is 10.6 Å². The van der Waals surface area contributed by atoms with Gasteiger partial charge in [-0.15, -0.1) is 10.2 Å². The molecule has 3 amide bonds. The Hall–Kier alpha value is -3.82. The van der Waals surface area contributed by atoms with Crippen LogP contribution in [-0.2, 0) is 0 Å². The number of rotatable bonds is 5. The third-order valence-electron chi connectivity index (χ3n) is 5.24. The second-order valence-electron chi connectivity index (χ2n) is 7.93. The Morgan fingerprint density at radius 1 is 1.03 bits per heavy atom. The molecule has 3 aromatic heterocycles. The molecule has 1 fully saturated rings. The normalized spacial score (nSPS) is 13.8. The molecule has 0 radical (unpaired) electrons. The zero-order valence-electron chi connectivity index (χ0n) is 18.2. The van der Waals surface area contributed by atoms with Crippen molar-refractivity contribution in [3.8, 4) is 11.5 Å². The van der Waals surface area contributed by atoms with Gasteiger partial charge in [0.25, 0.3) is 5.91 Å². The van der Waals surface area contributed by atoms with E-state index in [4.69, 9.17) is 0 Å². The quantitative estimate of drug-likeness (QED) is 0.634. The van der Waals surface area contributed by atoms with Crippen molar-refractivity contribution in [1.29, 1.82) is 0 Å². The fourth-order valence-corrected chi connectivity index (χ4v) is 3.61. The van der Waals surface area contributed by atoms with Crippen LogP contribution in [0.2, 0.25) is 0 Å². The first-order valence-corrected chi connectivity index (χ1v) is 10.7. The molecule has 10 heteroatoms. The molecule has 0 atom stereocenters. The molecule has 0 aliphatic carbocycles. The molecule has 0 aromatic carbocycles. The largest absolute Gasteiger partial charge is 0.339 e. The summed E-state index contributed by atoms with van der Waals surface area (Å²) in [5, 5.41) is 13.5. The molecule has 1 aliphatic rings. The van der Waals surface area contributed by atoms with Crippen LogP contribution in [0.4, 0.5) is 16.4 Å². The summed E-state index contributed by atoms with van der Waals surface area (Å²) in [4.78, 5) is 35.7. The lowest BCUT2D eigenvalue weighted by Crippen LogP contribution is -2.35. The molecule has 2 N–H and O–H groups in total. The molecule has 4 rings (SSSR count). The third-order valence-corrected chi connectivity index (χ3v) is 5.24. The number of hydrogen-bond acceptors (Lipinski definition) is 6. The minimum Gasteiger partial charge on any atom is -0.339 e. The summed E-state index contributed by atoms with van der Waals surface area (Å²) in [6.07, 6.45) is 6.36. The molecule has 3 aromatic rings. The molecular weight excluding hydrogens is 408 g/mol. The summed E-state index contributed by atoms with van der Waals surface area (Å²) in [5.74, 6) is 1.23. The third kappa shape index (κ3) is 4.90. The van der Waals surface area contributed by atoms with E-state index < -0.39 is 6.03 Å². The van der Waals surface area contributed by atoms with Gasteiger partial charge in [-0.05, 0) is 57.4 Å². The number of nitrogens with one attached hydrogen (secondary N) is 2. The van der Waals surface area contributed by atoms with Crippen LogP contribution >= 0.6 is 0 Å². The number of urea groups is 1. The molecule has 32 heavy (non-hydrogen) atoms. The van der Waals surface area contributed by atoms with E-state index in [2.05, 4.69) is 30.8 Å². The van der Waals surface area contributed by atoms with Crippen LogP contribution in [0.1, 0.15) is 49.5 Å². The number of carbonyl (C=O) groups is 2. The number of hydrogen-bond donors (Lipinski definition) is 2. The summed E-state index contributed by atoms with van der Waals surface area (Å²) in [5.41, 5.74) is 1.10. The minimum absolute atomic E-state index is 0.0424. The first-order valence-electron chi connectivity index (χ1n) is 10.7. The SMILES string of the molecule is CC(C)n1cnnc1-c1cccc(NC(=O)Nc2cc(C(=O)N3CCCCC3)ccn2)n1. The van der Waals surface area contributed by atoms with Crippen molar-refractivity contribution in [3.63, 3.8) is 0 Å². The highest BCUT2D eigenvalue weighted by Gasteiger charge is 2.19. The molecule has 0 spiro atoms. The van der Waals surface area contributed by atoms with Crippen molar-refractivity contribution in [2.75, 3.05) is 23.7 Å². The van der Waals surface area contributed by atoms with E-state index in [0.717, 1.165) is 32.4 Å². The average Bonchev–Trinajstić information content (AvgIpc) is 3.30. The number of aromatic nitrogens is 5. The predicted molar refractivity (Wildman–Crippen MR) is 120 cm³/mol. The molecule has 1 saturated heterocycles. The molecule has 0 bridgehead atoms. The van der Waals surface area contributed by atoms with Crippen LogP contribution in [0, 0.1) is 0 Å². The maximum Gasteiger partial charge on any atom is 0.326 e. The topological polar surface area (TPSA) is 118 Å². The summed E-state index contributed by atoms with van der Waals surface area (Å²) < 4.78 is 1.90. The van der Waals surface area contributed by atoms with Crippen LogP contribution in [0.3, 0.4) is 0 Å². The molecule has 4 heterocycles. The van der Waals surface area contributed by atoms with Gasteiger partial charge in [0.05, 0.1) is 0 Å². The molecule has 0 saturated carbocycles. The predicted octanol–water partition coefficient (Wildman–Crippen LogP) is 3.59. The highest BCUT2D eigenvalue weighted by molar-refractivity contribution is 6.00. The second kappa shape index (κ2) is 9.54. The van der Waals surface area contributed by atoms with Gasteiger partial charge >= 0.3 is 6.03 Å². The lowest BCUT2D eigenvalue weighted by Gasteiger charge is -2.26. The van der Waals surface area contributed by atoms with E-state index in [1.165, 1.54) is 6.20 Å². The second-order valence-corrected chi connectivity index (χ2v) is 7.93. The number of nitrogens with zero attached hydrogens (tertiary/aromatic N) is 6. The van der Waals surface area contributed by atoms with Gasteiger partial charge in [0, 0.05) is 30.9 Å². The monoisotopic (exact) mass is 434 g/mol. The minimum atomic E-state index is -0.505. The van der Waals surface area contributed by atoms with E-state index in [-0.39, 0.29) is 11.9 Å². The zero-order chi connectivity index (χ0) is 22.5. The molecular formula is C22H26N8O2.